The van der Waals surface area contributed by atoms with Crippen LogP contribution >= 0.6 is 0 Å². The van der Waals surface area contributed by atoms with Gasteiger partial charge in [0.25, 0.3) is 11.8 Å². The molecule has 0 radical (unpaired) electrons. The molecule has 7 nitrogen and oxygen atoms in total. The predicted molar refractivity (Wildman–Crippen MR) is 83.1 cm³/mol. The molecule has 0 spiro atoms. The first kappa shape index (κ1) is 14.3. The number of imide groups is 1. The highest BCUT2D eigenvalue weighted by Crippen LogP contribution is 2.32. The highest BCUT2D eigenvalue weighted by atomic mass is 16.7. The van der Waals surface area contributed by atoms with Gasteiger partial charge in [0.05, 0.1) is 23.2 Å². The minimum absolute atomic E-state index is 0.107. The number of benzene rings is 2. The van der Waals surface area contributed by atoms with Gasteiger partial charge in [-0.05, 0) is 29.8 Å². The summed E-state index contributed by atoms with van der Waals surface area (Å²) in [4.78, 5) is 35.8. The van der Waals surface area contributed by atoms with Gasteiger partial charge >= 0.3 is 0 Å². The van der Waals surface area contributed by atoms with Crippen molar-refractivity contribution in [1.82, 2.24) is 5.32 Å². The van der Waals surface area contributed by atoms with Gasteiger partial charge in [0.1, 0.15) is 0 Å². The van der Waals surface area contributed by atoms with E-state index in [0.717, 1.165) is 5.56 Å². The summed E-state index contributed by atoms with van der Waals surface area (Å²) in [6.07, 6.45) is 0.107. The normalized spacial score (nSPS) is 14.3. The van der Waals surface area contributed by atoms with Crippen LogP contribution in [0.1, 0.15) is 26.3 Å². The van der Waals surface area contributed by atoms with Gasteiger partial charge in [-0.15, -0.1) is 0 Å². The predicted octanol–water partition coefficient (Wildman–Crippen LogP) is 1.48. The van der Waals surface area contributed by atoms with Crippen molar-refractivity contribution in [2.75, 3.05) is 12.1 Å². The first-order chi connectivity index (χ1) is 11.6. The molecule has 0 aliphatic carbocycles. The van der Waals surface area contributed by atoms with Gasteiger partial charge in [-0.1, -0.05) is 12.1 Å². The molecule has 2 aliphatic rings. The number of amides is 3. The maximum absolute atomic E-state index is 12.3. The second-order valence-corrected chi connectivity index (χ2v) is 5.42. The molecule has 0 saturated heterocycles. The first-order valence-electron chi connectivity index (χ1n) is 7.29. The van der Waals surface area contributed by atoms with Crippen LogP contribution in [0.2, 0.25) is 0 Å². The van der Waals surface area contributed by atoms with Crippen LogP contribution in [0.5, 0.6) is 11.5 Å². The Morgan fingerprint density at radius 3 is 2.79 bits per heavy atom. The number of nitrogens with one attached hydrogen (secondary N) is 2. The van der Waals surface area contributed by atoms with Gasteiger partial charge in [-0.2, -0.15) is 0 Å². The van der Waals surface area contributed by atoms with Crippen LogP contribution in [-0.2, 0) is 11.2 Å². The molecule has 0 fully saturated rings. The number of hydrogen-bond donors (Lipinski definition) is 2. The molecule has 0 bridgehead atoms. The second-order valence-electron chi connectivity index (χ2n) is 5.42. The van der Waals surface area contributed by atoms with Gasteiger partial charge in [0, 0.05) is 0 Å². The third-order valence-corrected chi connectivity index (χ3v) is 3.84. The Labute approximate surface area is 136 Å². The average Bonchev–Trinajstić information content (AvgIpc) is 3.12. The molecule has 7 heteroatoms. The smallest absolute Gasteiger partial charge is 0.261 e. The fourth-order valence-electron chi connectivity index (χ4n) is 2.75. The van der Waals surface area contributed by atoms with Crippen molar-refractivity contribution in [3.05, 3.63) is 53.1 Å². The Morgan fingerprint density at radius 2 is 1.92 bits per heavy atom. The van der Waals surface area contributed by atoms with E-state index in [-0.39, 0.29) is 30.2 Å². The quantitative estimate of drug-likeness (QED) is 0.834. The highest BCUT2D eigenvalue weighted by Gasteiger charge is 2.29. The Bertz CT molecular complexity index is 891. The van der Waals surface area contributed by atoms with Crippen LogP contribution in [0.25, 0.3) is 0 Å². The summed E-state index contributed by atoms with van der Waals surface area (Å²) in [5.41, 5.74) is 1.54. The number of rotatable bonds is 3. The van der Waals surface area contributed by atoms with E-state index in [4.69, 9.17) is 9.47 Å². The lowest BCUT2D eigenvalue weighted by molar-refractivity contribution is -0.115. The molecule has 0 atom stereocenters. The van der Waals surface area contributed by atoms with Crippen molar-refractivity contribution >= 4 is 23.4 Å². The van der Waals surface area contributed by atoms with E-state index in [2.05, 4.69) is 10.6 Å². The van der Waals surface area contributed by atoms with Crippen molar-refractivity contribution in [1.29, 1.82) is 0 Å². The van der Waals surface area contributed by atoms with Crippen LogP contribution in [0, 0.1) is 0 Å². The zero-order chi connectivity index (χ0) is 16.7. The third-order valence-electron chi connectivity index (χ3n) is 3.84. The van der Waals surface area contributed by atoms with Gasteiger partial charge < -0.3 is 14.8 Å². The monoisotopic (exact) mass is 324 g/mol. The Balaban J connectivity index is 1.53. The molecule has 0 aromatic heterocycles. The molecule has 2 N–H and O–H groups in total. The molecule has 3 amide bonds. The van der Waals surface area contributed by atoms with E-state index in [1.165, 1.54) is 0 Å². The Kier molecular flexibility index (Phi) is 3.19. The maximum Gasteiger partial charge on any atom is 0.261 e. The summed E-state index contributed by atoms with van der Waals surface area (Å²) in [6, 6.07) is 10.0. The number of hydrogen-bond acceptors (Lipinski definition) is 5. The summed E-state index contributed by atoms with van der Waals surface area (Å²) in [6.45, 7) is 0.171. The molecule has 2 aliphatic heterocycles. The summed E-state index contributed by atoms with van der Waals surface area (Å²) in [5, 5.41) is 4.90. The summed E-state index contributed by atoms with van der Waals surface area (Å²) < 4.78 is 10.5. The van der Waals surface area contributed by atoms with Crippen LogP contribution in [0.4, 0.5) is 5.69 Å². The molecule has 2 aromatic rings. The van der Waals surface area contributed by atoms with Crippen molar-refractivity contribution in [2.45, 2.75) is 6.42 Å². The minimum atomic E-state index is -0.506. The van der Waals surface area contributed by atoms with E-state index >= 15 is 0 Å². The zero-order valence-corrected chi connectivity index (χ0v) is 12.4. The van der Waals surface area contributed by atoms with E-state index in [0.29, 0.717) is 17.2 Å². The lowest BCUT2D eigenvalue weighted by Crippen LogP contribution is -2.21. The third kappa shape index (κ3) is 2.36. The maximum atomic E-state index is 12.3. The molecule has 0 unspecified atom stereocenters. The fourth-order valence-corrected chi connectivity index (χ4v) is 2.75. The number of fused-ring (bicyclic) bond motifs is 2. The summed E-state index contributed by atoms with van der Waals surface area (Å²) in [7, 11) is 0. The van der Waals surface area contributed by atoms with Crippen molar-refractivity contribution in [3.63, 3.8) is 0 Å². The second kappa shape index (κ2) is 5.38. The molecule has 24 heavy (non-hydrogen) atoms. The lowest BCUT2D eigenvalue weighted by Gasteiger charge is -2.08. The van der Waals surface area contributed by atoms with E-state index in [9.17, 15) is 14.4 Å². The van der Waals surface area contributed by atoms with Gasteiger partial charge in [-0.25, -0.2) is 0 Å². The molecule has 2 aromatic carbocycles. The van der Waals surface area contributed by atoms with Crippen molar-refractivity contribution in [3.8, 4) is 11.5 Å². The van der Waals surface area contributed by atoms with Crippen LogP contribution < -0.4 is 20.1 Å². The zero-order valence-electron chi connectivity index (χ0n) is 12.4. The Hall–Kier alpha value is -3.35. The van der Waals surface area contributed by atoms with Gasteiger partial charge in [-0.3, -0.25) is 19.7 Å². The van der Waals surface area contributed by atoms with Crippen LogP contribution in [0.15, 0.2) is 36.4 Å². The van der Waals surface area contributed by atoms with Crippen LogP contribution in [-0.4, -0.2) is 24.5 Å². The first-order valence-corrected chi connectivity index (χ1v) is 7.29. The standard InChI is InChI=1S/C17H12N2O5/c20-14(7-9-4-5-12-13(6-9)24-8-23-12)18-11-3-1-2-10-15(11)17(22)19-16(10)21/h1-6H,7-8H2,(H,18,20)(H,19,21,22). The topological polar surface area (TPSA) is 93.7 Å². The summed E-state index contributed by atoms with van der Waals surface area (Å²) >= 11 is 0. The molecular formula is C17H12N2O5. The molecule has 0 saturated carbocycles. The van der Waals surface area contributed by atoms with Crippen molar-refractivity contribution < 1.29 is 23.9 Å². The molecule has 120 valence electrons. The SMILES string of the molecule is O=C(Cc1ccc2c(c1)OCO2)Nc1cccc2c1C(=O)NC2=O. The van der Waals surface area contributed by atoms with E-state index in [1.807, 2.05) is 0 Å². The average molecular weight is 324 g/mol. The largest absolute Gasteiger partial charge is 0.454 e. The van der Waals surface area contributed by atoms with E-state index in [1.54, 1.807) is 36.4 Å². The van der Waals surface area contributed by atoms with Crippen LogP contribution in [0.3, 0.4) is 0 Å². The van der Waals surface area contributed by atoms with Gasteiger partial charge in [0.15, 0.2) is 11.5 Å². The van der Waals surface area contributed by atoms with Gasteiger partial charge in [0.2, 0.25) is 12.7 Å². The number of carbonyl (C=O) groups is 3. The summed E-state index contributed by atoms with van der Waals surface area (Å²) in [5.74, 6) is -0.00800. The minimum Gasteiger partial charge on any atom is -0.454 e. The molecular weight excluding hydrogens is 312 g/mol. The fraction of sp³-hybridized carbons (Fsp3) is 0.118. The molecule has 2 heterocycles. The number of anilines is 1. The highest BCUT2D eigenvalue weighted by molar-refractivity contribution is 6.24. The number of ether oxygens (including phenoxy) is 2. The van der Waals surface area contributed by atoms with Crippen molar-refractivity contribution in [2.24, 2.45) is 0 Å². The lowest BCUT2D eigenvalue weighted by atomic mass is 10.1. The Morgan fingerprint density at radius 1 is 1.08 bits per heavy atom. The molecule has 4 rings (SSSR count). The number of carbonyl (C=O) groups excluding carboxylic acids is 3. The van der Waals surface area contributed by atoms with E-state index < -0.39 is 11.8 Å².